The van der Waals surface area contributed by atoms with Crippen LogP contribution in [0, 0.1) is 13.8 Å². The highest BCUT2D eigenvalue weighted by Gasteiger charge is 2.09. The molecule has 23 heavy (non-hydrogen) atoms. The van der Waals surface area contributed by atoms with Gasteiger partial charge in [0.2, 0.25) is 5.95 Å². The monoisotopic (exact) mass is 311 g/mol. The molecule has 2 heterocycles. The summed E-state index contributed by atoms with van der Waals surface area (Å²) in [5, 5.41) is 12.1. The fourth-order valence-corrected chi connectivity index (χ4v) is 2.41. The van der Waals surface area contributed by atoms with Gasteiger partial charge in [-0.2, -0.15) is 0 Å². The number of aryl methyl sites for hydroxylation is 3. The van der Waals surface area contributed by atoms with E-state index in [1.165, 1.54) is 6.07 Å². The van der Waals surface area contributed by atoms with E-state index >= 15 is 0 Å². The van der Waals surface area contributed by atoms with Crippen molar-refractivity contribution in [3.05, 3.63) is 47.0 Å². The third-order valence-electron chi connectivity index (χ3n) is 3.69. The molecule has 3 aromatic rings. The van der Waals surface area contributed by atoms with E-state index < -0.39 is 5.97 Å². The molecule has 0 bridgehead atoms. The second-order valence-corrected chi connectivity index (χ2v) is 5.42. The molecule has 1 aromatic carbocycles. The van der Waals surface area contributed by atoms with E-state index in [1.54, 1.807) is 6.92 Å². The second kappa shape index (κ2) is 5.68. The molecule has 0 spiro atoms. The predicted molar refractivity (Wildman–Crippen MR) is 86.5 cm³/mol. The van der Waals surface area contributed by atoms with Gasteiger partial charge in [-0.1, -0.05) is 6.07 Å². The van der Waals surface area contributed by atoms with Crippen molar-refractivity contribution in [2.45, 2.75) is 20.4 Å². The number of hydrogen-bond donors (Lipinski definition) is 2. The lowest BCUT2D eigenvalue weighted by Gasteiger charge is -2.07. The van der Waals surface area contributed by atoms with Crippen molar-refractivity contribution in [2.75, 3.05) is 5.32 Å². The third kappa shape index (κ3) is 2.98. The van der Waals surface area contributed by atoms with E-state index in [9.17, 15) is 4.79 Å². The highest BCUT2D eigenvalue weighted by atomic mass is 16.4. The zero-order valence-electron chi connectivity index (χ0n) is 13.2. The molecule has 0 fully saturated rings. The number of carboxylic acids is 1. The molecule has 0 amide bonds. The van der Waals surface area contributed by atoms with Gasteiger partial charge in [-0.3, -0.25) is 0 Å². The Kier molecular flexibility index (Phi) is 3.69. The minimum absolute atomic E-state index is 0.0178. The van der Waals surface area contributed by atoms with Crippen molar-refractivity contribution in [1.82, 2.24) is 19.5 Å². The van der Waals surface area contributed by atoms with Gasteiger partial charge in [0.15, 0.2) is 5.69 Å². The summed E-state index contributed by atoms with van der Waals surface area (Å²) in [6, 6.07) is 7.47. The summed E-state index contributed by atoms with van der Waals surface area (Å²) in [5.74, 6) is 0.196. The van der Waals surface area contributed by atoms with Crippen LogP contribution in [0.1, 0.15) is 27.6 Å². The Morgan fingerprint density at radius 1 is 1.22 bits per heavy atom. The molecule has 0 saturated heterocycles. The Labute approximate surface area is 133 Å². The van der Waals surface area contributed by atoms with E-state index in [2.05, 4.69) is 20.3 Å². The van der Waals surface area contributed by atoms with Crippen LogP contribution >= 0.6 is 0 Å². The molecule has 3 rings (SSSR count). The average molecular weight is 311 g/mol. The van der Waals surface area contributed by atoms with Crippen LogP contribution in [0.3, 0.4) is 0 Å². The first-order valence-corrected chi connectivity index (χ1v) is 7.19. The van der Waals surface area contributed by atoms with Crippen LogP contribution < -0.4 is 5.32 Å². The number of aromatic carboxylic acids is 1. The average Bonchev–Trinajstić information content (AvgIpc) is 2.79. The van der Waals surface area contributed by atoms with Gasteiger partial charge < -0.3 is 15.0 Å². The summed E-state index contributed by atoms with van der Waals surface area (Å²) in [4.78, 5) is 23.7. The van der Waals surface area contributed by atoms with Gasteiger partial charge in [0, 0.05) is 19.3 Å². The smallest absolute Gasteiger partial charge is 0.354 e. The molecule has 2 aromatic heterocycles. The van der Waals surface area contributed by atoms with Gasteiger partial charge in [-0.25, -0.2) is 19.7 Å². The van der Waals surface area contributed by atoms with Crippen LogP contribution in [0.5, 0.6) is 0 Å². The summed E-state index contributed by atoms with van der Waals surface area (Å²) >= 11 is 0. The summed E-state index contributed by atoms with van der Waals surface area (Å²) in [5.41, 5.74) is 3.62. The Hall–Kier alpha value is -2.96. The molecule has 0 aliphatic carbocycles. The number of imidazole rings is 1. The molecular weight excluding hydrogens is 294 g/mol. The molecule has 0 radical (unpaired) electrons. The lowest BCUT2D eigenvalue weighted by Crippen LogP contribution is -2.09. The van der Waals surface area contributed by atoms with Gasteiger partial charge in [0.05, 0.1) is 11.0 Å². The second-order valence-electron chi connectivity index (χ2n) is 5.42. The molecule has 0 saturated carbocycles. The number of carbonyl (C=O) groups is 1. The summed E-state index contributed by atoms with van der Waals surface area (Å²) in [7, 11) is 1.98. The molecule has 0 unspecified atom stereocenters. The van der Waals surface area contributed by atoms with Gasteiger partial charge >= 0.3 is 5.97 Å². The maximum atomic E-state index is 11.0. The van der Waals surface area contributed by atoms with E-state index in [0.717, 1.165) is 22.4 Å². The molecule has 0 atom stereocenters. The molecule has 0 aliphatic heterocycles. The maximum absolute atomic E-state index is 11.0. The number of fused-ring (bicyclic) bond motifs is 1. The number of hydrogen-bond acceptors (Lipinski definition) is 5. The van der Waals surface area contributed by atoms with Crippen molar-refractivity contribution in [2.24, 2.45) is 7.05 Å². The number of carboxylic acid groups (broad SMARTS) is 1. The first-order chi connectivity index (χ1) is 10.9. The van der Waals surface area contributed by atoms with Crippen LogP contribution in [-0.4, -0.2) is 30.6 Å². The minimum atomic E-state index is -1.07. The number of benzene rings is 1. The number of aromatic nitrogens is 4. The summed E-state index contributed by atoms with van der Waals surface area (Å²) in [6.45, 7) is 4.20. The van der Waals surface area contributed by atoms with Crippen molar-refractivity contribution in [1.29, 1.82) is 0 Å². The number of rotatable bonds is 4. The maximum Gasteiger partial charge on any atom is 0.354 e. The first-order valence-electron chi connectivity index (χ1n) is 7.19. The van der Waals surface area contributed by atoms with Gasteiger partial charge in [-0.15, -0.1) is 0 Å². The van der Waals surface area contributed by atoms with E-state index in [4.69, 9.17) is 5.11 Å². The normalized spacial score (nSPS) is 10.9. The van der Waals surface area contributed by atoms with Crippen molar-refractivity contribution in [3.8, 4) is 0 Å². The lowest BCUT2D eigenvalue weighted by atomic mass is 10.2. The molecule has 7 nitrogen and oxygen atoms in total. The Morgan fingerprint density at radius 2 is 2.00 bits per heavy atom. The fourth-order valence-electron chi connectivity index (χ4n) is 2.41. The topological polar surface area (TPSA) is 92.9 Å². The van der Waals surface area contributed by atoms with Gasteiger partial charge in [0.1, 0.15) is 5.82 Å². The number of nitrogens with zero attached hydrogens (tertiary/aromatic N) is 4. The zero-order chi connectivity index (χ0) is 16.6. The van der Waals surface area contributed by atoms with Crippen LogP contribution in [0.15, 0.2) is 24.3 Å². The van der Waals surface area contributed by atoms with Crippen LogP contribution in [-0.2, 0) is 13.6 Å². The zero-order valence-corrected chi connectivity index (χ0v) is 13.2. The van der Waals surface area contributed by atoms with Gasteiger partial charge in [0.25, 0.3) is 0 Å². The standard InChI is InChI=1S/C16H17N5O2/c1-9-6-13(15(22)23)20-16(18-9)17-8-11-4-5-14-12(7-11)19-10(2)21(14)3/h4-7H,8H2,1-3H3,(H,22,23)(H,17,18,20). The van der Waals surface area contributed by atoms with E-state index in [-0.39, 0.29) is 5.69 Å². The number of nitrogens with one attached hydrogen (secondary N) is 1. The Bertz CT molecular complexity index is 901. The number of anilines is 1. The Balaban J connectivity index is 1.82. The summed E-state index contributed by atoms with van der Waals surface area (Å²) < 4.78 is 2.04. The predicted octanol–water partition coefficient (Wildman–Crippen LogP) is 2.29. The van der Waals surface area contributed by atoms with Crippen LogP contribution in [0.2, 0.25) is 0 Å². The molecular formula is C16H17N5O2. The SMILES string of the molecule is Cc1cc(C(=O)O)nc(NCc2ccc3c(c2)nc(C)n3C)n1. The first kappa shape index (κ1) is 15.0. The fraction of sp³-hybridized carbons (Fsp3) is 0.250. The van der Waals surface area contributed by atoms with Crippen LogP contribution in [0.25, 0.3) is 11.0 Å². The molecule has 2 N–H and O–H groups in total. The molecule has 7 heteroatoms. The third-order valence-corrected chi connectivity index (χ3v) is 3.69. The quantitative estimate of drug-likeness (QED) is 0.768. The van der Waals surface area contributed by atoms with Gasteiger partial charge in [-0.05, 0) is 37.6 Å². The molecule has 118 valence electrons. The van der Waals surface area contributed by atoms with E-state index in [0.29, 0.717) is 18.2 Å². The summed E-state index contributed by atoms with van der Waals surface area (Å²) in [6.07, 6.45) is 0. The largest absolute Gasteiger partial charge is 0.477 e. The lowest BCUT2D eigenvalue weighted by molar-refractivity contribution is 0.0690. The van der Waals surface area contributed by atoms with Crippen LogP contribution in [0.4, 0.5) is 5.95 Å². The highest BCUT2D eigenvalue weighted by molar-refractivity contribution is 5.85. The minimum Gasteiger partial charge on any atom is -0.477 e. The molecule has 0 aliphatic rings. The van der Waals surface area contributed by atoms with Crippen molar-refractivity contribution >= 4 is 23.0 Å². The van der Waals surface area contributed by atoms with Crippen molar-refractivity contribution < 1.29 is 9.90 Å². The highest BCUT2D eigenvalue weighted by Crippen LogP contribution is 2.17. The Morgan fingerprint density at radius 3 is 2.74 bits per heavy atom. The van der Waals surface area contributed by atoms with E-state index in [1.807, 2.05) is 36.7 Å². The van der Waals surface area contributed by atoms with Crippen molar-refractivity contribution in [3.63, 3.8) is 0 Å².